The molecule has 1 aliphatic heterocycles. The van der Waals surface area contributed by atoms with Crippen molar-refractivity contribution in [2.75, 3.05) is 13.2 Å². The molecule has 0 amide bonds. The minimum atomic E-state index is -0.343. The maximum absolute atomic E-state index is 11.9. The molecule has 1 unspecified atom stereocenters. The molecule has 2 aliphatic rings. The van der Waals surface area contributed by atoms with E-state index in [9.17, 15) is 4.79 Å². The van der Waals surface area contributed by atoms with Gasteiger partial charge < -0.3 is 9.47 Å². The fraction of sp³-hybridized carbons (Fsp3) is 0.800. The lowest BCUT2D eigenvalue weighted by Gasteiger charge is -2.10. The first-order chi connectivity index (χ1) is 10.3. The van der Waals surface area contributed by atoms with Crippen LogP contribution in [0.5, 0.6) is 0 Å². The van der Waals surface area contributed by atoms with Gasteiger partial charge in [0.15, 0.2) is 5.69 Å². The van der Waals surface area contributed by atoms with Crippen LogP contribution >= 0.6 is 0 Å². The molecule has 1 aromatic rings. The molecule has 1 atom stereocenters. The Morgan fingerprint density at radius 3 is 2.95 bits per heavy atom. The maximum atomic E-state index is 11.9. The fourth-order valence-electron chi connectivity index (χ4n) is 2.93. The van der Waals surface area contributed by atoms with E-state index in [1.54, 1.807) is 6.92 Å². The van der Waals surface area contributed by atoms with Crippen LogP contribution in [0.1, 0.15) is 67.5 Å². The van der Waals surface area contributed by atoms with E-state index in [0.717, 1.165) is 44.5 Å². The van der Waals surface area contributed by atoms with Gasteiger partial charge >= 0.3 is 5.97 Å². The summed E-state index contributed by atoms with van der Waals surface area (Å²) >= 11 is 0. The second kappa shape index (κ2) is 6.56. The highest BCUT2D eigenvalue weighted by atomic mass is 16.5. The van der Waals surface area contributed by atoms with Crippen molar-refractivity contribution in [3.63, 3.8) is 0 Å². The minimum absolute atomic E-state index is 0.343. The zero-order chi connectivity index (χ0) is 14.7. The van der Waals surface area contributed by atoms with Crippen LogP contribution in [0.15, 0.2) is 0 Å². The maximum Gasteiger partial charge on any atom is 0.360 e. The Labute approximate surface area is 124 Å². The topological polar surface area (TPSA) is 66.2 Å². The van der Waals surface area contributed by atoms with Crippen molar-refractivity contribution in [1.29, 1.82) is 0 Å². The smallest absolute Gasteiger partial charge is 0.360 e. The van der Waals surface area contributed by atoms with E-state index in [2.05, 4.69) is 10.3 Å². The molecule has 1 aliphatic carbocycles. The third-order valence-electron chi connectivity index (χ3n) is 4.13. The van der Waals surface area contributed by atoms with Crippen molar-refractivity contribution < 1.29 is 14.3 Å². The van der Waals surface area contributed by atoms with E-state index in [1.807, 2.05) is 4.68 Å². The standard InChI is InChI=1S/C15H23N3O3/c1-2-20-15(19)13-14(11-7-8-11)18(17-16-13)9-3-5-12-6-4-10-21-12/h11-12H,2-10H2,1H3. The van der Waals surface area contributed by atoms with Crippen molar-refractivity contribution in [3.05, 3.63) is 11.4 Å². The monoisotopic (exact) mass is 293 g/mol. The number of esters is 1. The summed E-state index contributed by atoms with van der Waals surface area (Å²) in [5, 5.41) is 8.22. The number of hydrogen-bond acceptors (Lipinski definition) is 5. The predicted molar refractivity (Wildman–Crippen MR) is 76.2 cm³/mol. The molecule has 0 N–H and O–H groups in total. The van der Waals surface area contributed by atoms with Crippen molar-refractivity contribution in [3.8, 4) is 0 Å². The average molecular weight is 293 g/mol. The highest BCUT2D eigenvalue weighted by Gasteiger charge is 2.34. The first-order valence-corrected chi connectivity index (χ1v) is 8.01. The molecule has 21 heavy (non-hydrogen) atoms. The van der Waals surface area contributed by atoms with E-state index in [1.165, 1.54) is 12.8 Å². The second-order valence-corrected chi connectivity index (χ2v) is 5.82. The molecule has 6 heteroatoms. The summed E-state index contributed by atoms with van der Waals surface area (Å²) in [5.41, 5.74) is 1.39. The summed E-state index contributed by atoms with van der Waals surface area (Å²) in [6.07, 6.45) is 7.04. The lowest BCUT2D eigenvalue weighted by atomic mass is 10.1. The molecular formula is C15H23N3O3. The molecule has 0 radical (unpaired) electrons. The fourth-order valence-corrected chi connectivity index (χ4v) is 2.93. The number of nitrogens with zero attached hydrogens (tertiary/aromatic N) is 3. The van der Waals surface area contributed by atoms with Gasteiger partial charge in [0.1, 0.15) is 0 Å². The molecule has 1 aromatic heterocycles. The minimum Gasteiger partial charge on any atom is -0.461 e. The van der Waals surface area contributed by atoms with E-state index in [4.69, 9.17) is 9.47 Å². The summed E-state index contributed by atoms with van der Waals surface area (Å²) in [7, 11) is 0. The predicted octanol–water partition coefficient (Wildman–Crippen LogP) is 2.29. The summed E-state index contributed by atoms with van der Waals surface area (Å²) in [6, 6.07) is 0. The third-order valence-corrected chi connectivity index (χ3v) is 4.13. The molecule has 0 bridgehead atoms. The Kier molecular flexibility index (Phi) is 4.53. The number of rotatable bonds is 7. The molecule has 1 saturated carbocycles. The van der Waals surface area contributed by atoms with Crippen LogP contribution in [-0.2, 0) is 16.0 Å². The van der Waals surface area contributed by atoms with Gasteiger partial charge in [-0.2, -0.15) is 0 Å². The molecular weight excluding hydrogens is 270 g/mol. The molecule has 116 valence electrons. The van der Waals surface area contributed by atoms with Gasteiger partial charge in [-0.3, -0.25) is 0 Å². The van der Waals surface area contributed by atoms with Gasteiger partial charge in [-0.15, -0.1) is 5.10 Å². The zero-order valence-corrected chi connectivity index (χ0v) is 12.6. The van der Waals surface area contributed by atoms with Crippen LogP contribution in [0.25, 0.3) is 0 Å². The Bertz CT molecular complexity index is 490. The largest absolute Gasteiger partial charge is 0.461 e. The van der Waals surface area contributed by atoms with Crippen molar-refractivity contribution in [1.82, 2.24) is 15.0 Å². The molecule has 3 rings (SSSR count). The van der Waals surface area contributed by atoms with E-state index >= 15 is 0 Å². The number of carbonyl (C=O) groups is 1. The molecule has 2 fully saturated rings. The van der Waals surface area contributed by atoms with Crippen molar-refractivity contribution in [2.24, 2.45) is 0 Å². The van der Waals surface area contributed by atoms with Crippen LogP contribution in [0.3, 0.4) is 0 Å². The van der Waals surface area contributed by atoms with Gasteiger partial charge in [0.2, 0.25) is 0 Å². The molecule has 6 nitrogen and oxygen atoms in total. The van der Waals surface area contributed by atoms with Gasteiger partial charge in [0, 0.05) is 19.1 Å². The number of aromatic nitrogens is 3. The zero-order valence-electron chi connectivity index (χ0n) is 12.6. The van der Waals surface area contributed by atoms with Crippen LogP contribution in [0.4, 0.5) is 0 Å². The quantitative estimate of drug-likeness (QED) is 0.722. The number of aryl methyl sites for hydroxylation is 1. The van der Waals surface area contributed by atoms with Crippen LogP contribution in [-0.4, -0.2) is 40.3 Å². The van der Waals surface area contributed by atoms with Gasteiger partial charge in [-0.25, -0.2) is 9.48 Å². The van der Waals surface area contributed by atoms with Crippen LogP contribution in [0.2, 0.25) is 0 Å². The number of carbonyl (C=O) groups excluding carboxylic acids is 1. The van der Waals surface area contributed by atoms with Crippen LogP contribution < -0.4 is 0 Å². The Hall–Kier alpha value is -1.43. The van der Waals surface area contributed by atoms with Gasteiger partial charge in [0.05, 0.1) is 18.4 Å². The molecule has 2 heterocycles. The molecule has 0 spiro atoms. The van der Waals surface area contributed by atoms with Gasteiger partial charge in [-0.1, -0.05) is 5.21 Å². The van der Waals surface area contributed by atoms with Crippen molar-refractivity contribution in [2.45, 2.75) is 64.0 Å². The summed E-state index contributed by atoms with van der Waals surface area (Å²) in [6.45, 7) is 3.88. The normalized spacial score (nSPS) is 21.7. The lowest BCUT2D eigenvalue weighted by molar-refractivity contribution is 0.0517. The molecule has 0 aromatic carbocycles. The summed E-state index contributed by atoms with van der Waals surface area (Å²) in [4.78, 5) is 11.9. The SMILES string of the molecule is CCOC(=O)c1nnn(CCCC2CCCO2)c1C1CC1. The first kappa shape index (κ1) is 14.5. The molecule has 1 saturated heterocycles. The second-order valence-electron chi connectivity index (χ2n) is 5.82. The van der Waals surface area contributed by atoms with Crippen LogP contribution in [0, 0.1) is 0 Å². The highest BCUT2D eigenvalue weighted by molar-refractivity contribution is 5.88. The lowest BCUT2D eigenvalue weighted by Crippen LogP contribution is -2.12. The summed E-state index contributed by atoms with van der Waals surface area (Å²) < 4.78 is 12.6. The average Bonchev–Trinajstić information content (AvgIpc) is 3.01. The van der Waals surface area contributed by atoms with E-state index < -0.39 is 0 Å². The Morgan fingerprint density at radius 1 is 1.43 bits per heavy atom. The number of ether oxygens (including phenoxy) is 2. The first-order valence-electron chi connectivity index (χ1n) is 8.01. The third kappa shape index (κ3) is 3.43. The van der Waals surface area contributed by atoms with Gasteiger partial charge in [0.25, 0.3) is 0 Å². The Balaban J connectivity index is 1.62. The van der Waals surface area contributed by atoms with E-state index in [0.29, 0.717) is 24.3 Å². The highest BCUT2D eigenvalue weighted by Crippen LogP contribution is 2.41. The number of hydrogen-bond donors (Lipinski definition) is 0. The van der Waals surface area contributed by atoms with E-state index in [-0.39, 0.29) is 5.97 Å². The van der Waals surface area contributed by atoms with Gasteiger partial charge in [-0.05, 0) is 45.4 Å². The Morgan fingerprint density at radius 2 is 2.29 bits per heavy atom. The van der Waals surface area contributed by atoms with Crippen molar-refractivity contribution >= 4 is 5.97 Å². The summed E-state index contributed by atoms with van der Waals surface area (Å²) in [5.74, 6) is 0.0897.